The second-order valence-electron chi connectivity index (χ2n) is 2.40. The lowest BCUT2D eigenvalue weighted by atomic mass is 10.3. The van der Waals surface area contributed by atoms with Crippen molar-refractivity contribution in [2.24, 2.45) is 5.73 Å². The number of urea groups is 1. The molecule has 4 heteroatoms. The highest BCUT2D eigenvalue weighted by molar-refractivity contribution is 5.73. The van der Waals surface area contributed by atoms with E-state index in [1.807, 2.05) is 0 Å². The molecule has 3 N–H and O–H groups in total. The molecule has 2 amide bonds. The van der Waals surface area contributed by atoms with Crippen LogP contribution in [0, 0.1) is 0 Å². The van der Waals surface area contributed by atoms with E-state index in [-0.39, 0.29) is 6.03 Å². The molecule has 0 aromatic carbocycles. The van der Waals surface area contributed by atoms with Crippen LogP contribution in [0.5, 0.6) is 0 Å². The monoisotopic (exact) mass is 169 g/mol. The van der Waals surface area contributed by atoms with Crippen molar-refractivity contribution in [3.05, 3.63) is 17.9 Å². The Labute approximate surface area is 72.7 Å². The fourth-order valence-corrected chi connectivity index (χ4v) is 0.742. The molecule has 0 saturated carbocycles. The van der Waals surface area contributed by atoms with Crippen LogP contribution < -0.4 is 11.1 Å². The summed E-state index contributed by atoms with van der Waals surface area (Å²) in [6, 6.07) is -0.142. The normalized spacial score (nSPS) is 8.58. The first-order chi connectivity index (χ1) is 5.65. The summed E-state index contributed by atoms with van der Waals surface area (Å²) in [6.45, 7) is 4.32. The lowest BCUT2D eigenvalue weighted by Crippen LogP contribution is -2.36. The smallest absolute Gasteiger partial charge is 0.317 e. The SMILES string of the molecule is C=C=C(CN)CN(C)C(=O)NC. The van der Waals surface area contributed by atoms with Crippen LogP contribution in [0.4, 0.5) is 4.79 Å². The summed E-state index contributed by atoms with van der Waals surface area (Å²) in [5.74, 6) is 0. The Kier molecular flexibility index (Phi) is 4.84. The van der Waals surface area contributed by atoms with Gasteiger partial charge in [0.1, 0.15) is 0 Å². The lowest BCUT2D eigenvalue weighted by Gasteiger charge is -2.16. The van der Waals surface area contributed by atoms with E-state index < -0.39 is 0 Å². The van der Waals surface area contributed by atoms with Crippen LogP contribution in [-0.4, -0.2) is 38.1 Å². The molecule has 4 nitrogen and oxygen atoms in total. The maximum absolute atomic E-state index is 11.0. The molecule has 0 bridgehead atoms. The number of likely N-dealkylation sites (N-methyl/N-ethyl adjacent to an activating group) is 1. The Morgan fingerprint density at radius 3 is 2.67 bits per heavy atom. The first-order valence-electron chi connectivity index (χ1n) is 3.66. The number of nitrogens with zero attached hydrogens (tertiary/aromatic N) is 1. The van der Waals surface area contributed by atoms with E-state index in [0.29, 0.717) is 13.1 Å². The fraction of sp³-hybridized carbons (Fsp3) is 0.500. The van der Waals surface area contributed by atoms with Gasteiger partial charge in [-0.1, -0.05) is 6.58 Å². The van der Waals surface area contributed by atoms with Gasteiger partial charge in [0.05, 0.1) is 6.54 Å². The Balaban J connectivity index is 4.07. The minimum Gasteiger partial charge on any atom is -0.341 e. The standard InChI is InChI=1S/C8H15N3O/c1-4-7(5-9)6-11(3)8(12)10-2/h1,5-6,9H2,2-3H3,(H,10,12). The van der Waals surface area contributed by atoms with Crippen molar-refractivity contribution >= 4 is 6.03 Å². The molecule has 0 aromatic heterocycles. The molecule has 0 heterocycles. The highest BCUT2D eigenvalue weighted by Gasteiger charge is 2.06. The van der Waals surface area contributed by atoms with Crippen LogP contribution in [-0.2, 0) is 0 Å². The average molecular weight is 169 g/mol. The van der Waals surface area contributed by atoms with E-state index in [1.54, 1.807) is 14.1 Å². The molecule has 0 radical (unpaired) electrons. The predicted molar refractivity (Wildman–Crippen MR) is 48.8 cm³/mol. The van der Waals surface area contributed by atoms with Gasteiger partial charge in [-0.25, -0.2) is 4.79 Å². The zero-order valence-corrected chi connectivity index (χ0v) is 7.55. The molecule has 12 heavy (non-hydrogen) atoms. The Morgan fingerprint density at radius 1 is 1.75 bits per heavy atom. The number of hydrogen-bond acceptors (Lipinski definition) is 2. The van der Waals surface area contributed by atoms with Crippen LogP contribution in [0.3, 0.4) is 0 Å². The van der Waals surface area contributed by atoms with Crippen molar-refractivity contribution in [3.63, 3.8) is 0 Å². The van der Waals surface area contributed by atoms with Gasteiger partial charge in [-0.2, -0.15) is 0 Å². The minimum absolute atomic E-state index is 0.142. The van der Waals surface area contributed by atoms with Gasteiger partial charge >= 0.3 is 6.03 Å². The van der Waals surface area contributed by atoms with Crippen molar-refractivity contribution in [1.29, 1.82) is 0 Å². The third kappa shape index (κ3) is 3.23. The Hall–Kier alpha value is -1.25. The van der Waals surface area contributed by atoms with Gasteiger partial charge < -0.3 is 16.0 Å². The number of carbonyl (C=O) groups is 1. The van der Waals surface area contributed by atoms with Crippen molar-refractivity contribution in [3.8, 4) is 0 Å². The molecule has 0 unspecified atom stereocenters. The van der Waals surface area contributed by atoms with Crippen LogP contribution in [0.2, 0.25) is 0 Å². The van der Waals surface area contributed by atoms with Gasteiger partial charge in [-0.15, -0.1) is 5.73 Å². The molecule has 0 aliphatic heterocycles. The highest BCUT2D eigenvalue weighted by atomic mass is 16.2. The second kappa shape index (κ2) is 5.41. The molecule has 0 fully saturated rings. The number of amides is 2. The van der Waals surface area contributed by atoms with Crippen LogP contribution >= 0.6 is 0 Å². The quantitative estimate of drug-likeness (QED) is 0.581. The van der Waals surface area contributed by atoms with Crippen molar-refractivity contribution in [2.75, 3.05) is 27.2 Å². The van der Waals surface area contributed by atoms with Crippen molar-refractivity contribution < 1.29 is 4.79 Å². The molecule has 0 atom stereocenters. The van der Waals surface area contributed by atoms with E-state index in [0.717, 1.165) is 5.57 Å². The Morgan fingerprint density at radius 2 is 2.33 bits per heavy atom. The summed E-state index contributed by atoms with van der Waals surface area (Å²) in [7, 11) is 3.27. The summed E-state index contributed by atoms with van der Waals surface area (Å²) >= 11 is 0. The molecule has 0 spiro atoms. The predicted octanol–water partition coefficient (Wildman–Crippen LogP) is -0.0724. The van der Waals surface area contributed by atoms with Crippen molar-refractivity contribution in [2.45, 2.75) is 0 Å². The maximum atomic E-state index is 11.0. The third-order valence-corrected chi connectivity index (χ3v) is 1.48. The maximum Gasteiger partial charge on any atom is 0.317 e. The zero-order valence-electron chi connectivity index (χ0n) is 7.55. The van der Waals surface area contributed by atoms with Gasteiger partial charge in [-0.3, -0.25) is 0 Å². The van der Waals surface area contributed by atoms with E-state index in [4.69, 9.17) is 5.73 Å². The average Bonchev–Trinajstić information content (AvgIpc) is 2.12. The van der Waals surface area contributed by atoms with Crippen LogP contribution in [0.15, 0.2) is 17.9 Å². The number of rotatable bonds is 3. The topological polar surface area (TPSA) is 58.4 Å². The summed E-state index contributed by atoms with van der Waals surface area (Å²) < 4.78 is 0. The van der Waals surface area contributed by atoms with Gasteiger partial charge in [0, 0.05) is 26.2 Å². The second-order valence-corrected chi connectivity index (χ2v) is 2.40. The lowest BCUT2D eigenvalue weighted by molar-refractivity contribution is 0.214. The van der Waals surface area contributed by atoms with E-state index in [9.17, 15) is 4.79 Å². The molecule has 0 aliphatic carbocycles. The first-order valence-corrected chi connectivity index (χ1v) is 3.66. The van der Waals surface area contributed by atoms with Crippen LogP contribution in [0.25, 0.3) is 0 Å². The summed E-state index contributed by atoms with van der Waals surface area (Å²) in [6.07, 6.45) is 0. The van der Waals surface area contributed by atoms with Crippen molar-refractivity contribution in [1.82, 2.24) is 10.2 Å². The zero-order chi connectivity index (χ0) is 9.56. The van der Waals surface area contributed by atoms with Gasteiger partial charge in [0.15, 0.2) is 0 Å². The van der Waals surface area contributed by atoms with Gasteiger partial charge in [0.2, 0.25) is 0 Å². The van der Waals surface area contributed by atoms with Gasteiger partial charge in [0.25, 0.3) is 0 Å². The molecule has 0 aromatic rings. The number of hydrogen-bond donors (Lipinski definition) is 2. The molecule has 0 aliphatic rings. The molecule has 68 valence electrons. The molecule has 0 rings (SSSR count). The molecular formula is C8H15N3O. The summed E-state index contributed by atoms with van der Waals surface area (Å²) in [4.78, 5) is 12.5. The van der Waals surface area contributed by atoms with E-state index in [1.165, 1.54) is 4.90 Å². The van der Waals surface area contributed by atoms with E-state index >= 15 is 0 Å². The first kappa shape index (κ1) is 10.8. The summed E-state index contributed by atoms with van der Waals surface area (Å²) in [5, 5.41) is 2.50. The minimum atomic E-state index is -0.142. The van der Waals surface area contributed by atoms with Crippen LogP contribution in [0.1, 0.15) is 0 Å². The summed E-state index contributed by atoms with van der Waals surface area (Å²) in [5.41, 5.74) is 8.88. The number of nitrogens with two attached hydrogens (primary N) is 1. The Bertz CT molecular complexity index is 206. The third-order valence-electron chi connectivity index (χ3n) is 1.48. The number of nitrogens with one attached hydrogen (secondary N) is 1. The van der Waals surface area contributed by atoms with E-state index in [2.05, 4.69) is 17.6 Å². The number of carbonyl (C=O) groups excluding carboxylic acids is 1. The molecular weight excluding hydrogens is 154 g/mol. The highest BCUT2D eigenvalue weighted by Crippen LogP contribution is 1.92. The van der Waals surface area contributed by atoms with Gasteiger partial charge in [-0.05, 0) is 0 Å². The molecule has 0 saturated heterocycles. The fourth-order valence-electron chi connectivity index (χ4n) is 0.742. The largest absolute Gasteiger partial charge is 0.341 e.